The molecule has 3 aliphatic rings. The fourth-order valence-corrected chi connectivity index (χ4v) is 6.61. The number of hydrogen-bond acceptors (Lipinski definition) is 6. The summed E-state index contributed by atoms with van der Waals surface area (Å²) in [5, 5.41) is 17.7. The highest BCUT2D eigenvalue weighted by Gasteiger charge is 2.47. The monoisotopic (exact) mass is 523 g/mol. The number of aliphatic carboxylic acids is 1. The van der Waals surface area contributed by atoms with Gasteiger partial charge in [-0.25, -0.2) is 19.3 Å². The van der Waals surface area contributed by atoms with Crippen molar-refractivity contribution in [1.29, 1.82) is 0 Å². The van der Waals surface area contributed by atoms with Crippen LogP contribution in [0.25, 0.3) is 45.3 Å². The number of aromatic nitrogens is 5. The molecular weight excluding hydrogens is 497 g/mol. The second-order valence-electron chi connectivity index (χ2n) is 10.6. The Bertz CT molecular complexity index is 1670. The SMILES string of the molecule is O=C(O)[C@H]1C2CCC(CC2)[C@@H]1Cc1cc(-c2ccc(-c3ccccc3)o2)nc(-c2[nH]nc3ncc(F)cc23)n1. The van der Waals surface area contributed by atoms with Crippen molar-refractivity contribution in [3.8, 4) is 34.3 Å². The smallest absolute Gasteiger partial charge is 0.307 e. The average molecular weight is 524 g/mol. The second-order valence-corrected chi connectivity index (χ2v) is 10.6. The lowest BCUT2D eigenvalue weighted by Gasteiger charge is -2.46. The Morgan fingerprint density at radius 2 is 1.77 bits per heavy atom. The third-order valence-corrected chi connectivity index (χ3v) is 8.42. The molecule has 8 rings (SSSR count). The molecule has 0 radical (unpaired) electrons. The first-order chi connectivity index (χ1) is 19.0. The summed E-state index contributed by atoms with van der Waals surface area (Å²) in [6, 6.07) is 16.8. The molecule has 3 aliphatic carbocycles. The summed E-state index contributed by atoms with van der Waals surface area (Å²) in [6.45, 7) is 0. The minimum absolute atomic E-state index is 0.000275. The Balaban J connectivity index is 1.33. The zero-order chi connectivity index (χ0) is 26.5. The van der Waals surface area contributed by atoms with Gasteiger partial charge in [0.15, 0.2) is 17.2 Å². The van der Waals surface area contributed by atoms with Crippen LogP contribution in [0.3, 0.4) is 0 Å². The predicted molar refractivity (Wildman–Crippen MR) is 142 cm³/mol. The number of carboxylic acid groups (broad SMARTS) is 1. The summed E-state index contributed by atoms with van der Waals surface area (Å²) in [6.07, 6.45) is 5.70. The summed E-state index contributed by atoms with van der Waals surface area (Å²) in [7, 11) is 0. The number of furan rings is 1. The summed E-state index contributed by atoms with van der Waals surface area (Å²) in [5.74, 6) is 0.598. The molecule has 0 unspecified atom stereocenters. The van der Waals surface area contributed by atoms with Crippen molar-refractivity contribution in [2.75, 3.05) is 0 Å². The van der Waals surface area contributed by atoms with E-state index in [0.29, 0.717) is 52.1 Å². The topological polar surface area (TPSA) is 118 Å². The average Bonchev–Trinajstić information content (AvgIpc) is 3.62. The Labute approximate surface area is 223 Å². The molecule has 0 aliphatic heterocycles. The van der Waals surface area contributed by atoms with E-state index >= 15 is 0 Å². The lowest BCUT2D eigenvalue weighted by Crippen LogP contribution is -2.45. The van der Waals surface area contributed by atoms with Crippen molar-refractivity contribution in [3.63, 3.8) is 0 Å². The Hall–Kier alpha value is -4.40. The van der Waals surface area contributed by atoms with Crippen molar-refractivity contribution in [1.82, 2.24) is 25.1 Å². The molecule has 8 nitrogen and oxygen atoms in total. The number of rotatable bonds is 6. The van der Waals surface area contributed by atoms with E-state index in [1.807, 2.05) is 48.5 Å². The summed E-state index contributed by atoms with van der Waals surface area (Å²) >= 11 is 0. The molecule has 39 heavy (non-hydrogen) atoms. The maximum absolute atomic E-state index is 14.1. The molecule has 2 N–H and O–H groups in total. The van der Waals surface area contributed by atoms with Gasteiger partial charge in [0.2, 0.25) is 0 Å². The number of benzene rings is 1. The van der Waals surface area contributed by atoms with E-state index in [1.54, 1.807) is 0 Å². The third kappa shape index (κ3) is 4.27. The van der Waals surface area contributed by atoms with Crippen LogP contribution in [0, 0.1) is 29.5 Å². The fourth-order valence-electron chi connectivity index (χ4n) is 6.61. The Morgan fingerprint density at radius 1 is 1.00 bits per heavy atom. The minimum Gasteiger partial charge on any atom is -0.481 e. The van der Waals surface area contributed by atoms with Gasteiger partial charge in [-0.05, 0) is 74.1 Å². The van der Waals surface area contributed by atoms with Crippen molar-refractivity contribution < 1.29 is 18.7 Å². The van der Waals surface area contributed by atoms with Gasteiger partial charge < -0.3 is 9.52 Å². The molecule has 0 saturated heterocycles. The van der Waals surface area contributed by atoms with Crippen molar-refractivity contribution in [2.45, 2.75) is 32.1 Å². The highest BCUT2D eigenvalue weighted by Crippen LogP contribution is 2.50. The Morgan fingerprint density at radius 3 is 2.56 bits per heavy atom. The van der Waals surface area contributed by atoms with Crippen LogP contribution in [-0.4, -0.2) is 36.2 Å². The van der Waals surface area contributed by atoms with Crippen LogP contribution in [0.4, 0.5) is 4.39 Å². The van der Waals surface area contributed by atoms with Crippen LogP contribution < -0.4 is 0 Å². The first-order valence-corrected chi connectivity index (χ1v) is 13.3. The van der Waals surface area contributed by atoms with E-state index in [0.717, 1.165) is 43.1 Å². The van der Waals surface area contributed by atoms with Crippen LogP contribution >= 0.6 is 0 Å². The summed E-state index contributed by atoms with van der Waals surface area (Å²) in [5.41, 5.74) is 3.05. The number of nitrogens with zero attached hydrogens (tertiary/aromatic N) is 4. The number of carbonyl (C=O) groups is 1. The lowest BCUT2D eigenvalue weighted by molar-refractivity contribution is -0.152. The normalized spacial score (nSPS) is 22.4. The molecule has 3 saturated carbocycles. The largest absolute Gasteiger partial charge is 0.481 e. The highest BCUT2D eigenvalue weighted by atomic mass is 19.1. The van der Waals surface area contributed by atoms with Gasteiger partial charge in [-0.2, -0.15) is 5.10 Å². The fraction of sp³-hybridized carbons (Fsp3) is 0.300. The number of aromatic amines is 1. The highest BCUT2D eigenvalue weighted by molar-refractivity contribution is 5.88. The maximum atomic E-state index is 14.1. The van der Waals surface area contributed by atoms with Gasteiger partial charge in [0.05, 0.1) is 17.5 Å². The molecule has 2 bridgehead atoms. The molecular formula is C30H26FN5O3. The predicted octanol–water partition coefficient (Wildman–Crippen LogP) is 6.16. The third-order valence-electron chi connectivity index (χ3n) is 8.42. The van der Waals surface area contributed by atoms with Crippen LogP contribution in [-0.2, 0) is 11.2 Å². The quantitative estimate of drug-likeness (QED) is 0.274. The number of hydrogen-bond donors (Lipinski definition) is 2. The number of carboxylic acids is 1. The molecule has 4 heterocycles. The lowest BCUT2D eigenvalue weighted by atomic mass is 9.57. The van der Waals surface area contributed by atoms with Crippen LogP contribution in [0.5, 0.6) is 0 Å². The molecule has 9 heteroatoms. The molecule has 4 aromatic heterocycles. The molecule has 1 aromatic carbocycles. The first kappa shape index (κ1) is 23.7. The molecule has 5 aromatic rings. The Kier molecular flexibility index (Phi) is 5.72. The molecule has 196 valence electrons. The van der Waals surface area contributed by atoms with Crippen LogP contribution in [0.15, 0.2) is 65.2 Å². The second kappa shape index (κ2) is 9.41. The van der Waals surface area contributed by atoms with Gasteiger partial charge in [-0.15, -0.1) is 0 Å². The van der Waals surface area contributed by atoms with E-state index in [4.69, 9.17) is 14.4 Å². The van der Waals surface area contributed by atoms with Gasteiger partial charge in [0, 0.05) is 11.3 Å². The first-order valence-electron chi connectivity index (χ1n) is 13.3. The van der Waals surface area contributed by atoms with Crippen LogP contribution in [0.2, 0.25) is 0 Å². The van der Waals surface area contributed by atoms with Crippen molar-refractivity contribution in [3.05, 3.63) is 72.3 Å². The van der Waals surface area contributed by atoms with Gasteiger partial charge in [0.1, 0.15) is 23.0 Å². The maximum Gasteiger partial charge on any atom is 0.307 e. The number of H-pyrrole nitrogens is 1. The number of pyridine rings is 1. The van der Waals surface area contributed by atoms with Crippen LogP contribution in [0.1, 0.15) is 31.4 Å². The summed E-state index contributed by atoms with van der Waals surface area (Å²) in [4.78, 5) is 26.0. The minimum atomic E-state index is -0.719. The van der Waals surface area contributed by atoms with Gasteiger partial charge in [-0.1, -0.05) is 30.3 Å². The van der Waals surface area contributed by atoms with E-state index < -0.39 is 11.8 Å². The zero-order valence-corrected chi connectivity index (χ0v) is 21.0. The number of nitrogens with one attached hydrogen (secondary N) is 1. The van der Waals surface area contributed by atoms with Gasteiger partial charge in [-0.3, -0.25) is 9.89 Å². The van der Waals surface area contributed by atoms with Gasteiger partial charge >= 0.3 is 5.97 Å². The van der Waals surface area contributed by atoms with E-state index in [-0.39, 0.29) is 17.8 Å². The van der Waals surface area contributed by atoms with Crippen molar-refractivity contribution in [2.24, 2.45) is 23.7 Å². The van der Waals surface area contributed by atoms with E-state index in [9.17, 15) is 14.3 Å². The van der Waals surface area contributed by atoms with E-state index in [1.165, 1.54) is 6.07 Å². The van der Waals surface area contributed by atoms with Crippen molar-refractivity contribution >= 4 is 17.0 Å². The molecule has 2 atom stereocenters. The molecule has 0 spiro atoms. The standard InChI is InChI=1S/C30H26FN5O3/c31-19-12-22-27(35-36-28(22)32-15-19)29-33-20(13-21-16-6-8-18(9-7-16)26(21)30(37)38)14-23(34-29)25-11-10-24(39-25)17-4-2-1-3-5-17/h1-5,10-12,14-16,18,21,26H,6-9,13H2,(H,37,38)(H,32,35,36)/t16?,18?,21-,26-/m0/s1. The van der Waals surface area contributed by atoms with E-state index in [2.05, 4.69) is 15.2 Å². The number of halogens is 1. The molecule has 0 amide bonds. The zero-order valence-electron chi connectivity index (χ0n) is 21.0. The number of fused-ring (bicyclic) bond motifs is 4. The summed E-state index contributed by atoms with van der Waals surface area (Å²) < 4.78 is 20.3. The molecule has 3 fully saturated rings. The van der Waals surface area contributed by atoms with Gasteiger partial charge in [0.25, 0.3) is 0 Å².